The van der Waals surface area contributed by atoms with E-state index in [1.807, 2.05) is 0 Å². The topological polar surface area (TPSA) is 55.1 Å². The third-order valence-electron chi connectivity index (χ3n) is 4.64. The van der Waals surface area contributed by atoms with Crippen LogP contribution in [0.1, 0.15) is 72.1 Å². The summed E-state index contributed by atoms with van der Waals surface area (Å²) in [6, 6.07) is 0.374. The zero-order chi connectivity index (χ0) is 14.3. The van der Waals surface area contributed by atoms with Crippen LogP contribution in [0.4, 0.5) is 0 Å². The van der Waals surface area contributed by atoms with Gasteiger partial charge in [-0.2, -0.15) is 0 Å². The van der Waals surface area contributed by atoms with Crippen LogP contribution in [0.15, 0.2) is 0 Å². The fraction of sp³-hybridized carbons (Fsp3) is 0.938. The van der Waals surface area contributed by atoms with Gasteiger partial charge in [-0.25, -0.2) is 0 Å². The molecule has 3 N–H and O–H groups in total. The van der Waals surface area contributed by atoms with E-state index in [0.29, 0.717) is 18.4 Å². The van der Waals surface area contributed by atoms with Gasteiger partial charge in [-0.15, -0.1) is 0 Å². The van der Waals surface area contributed by atoms with E-state index in [1.165, 1.54) is 25.7 Å². The molecule has 3 heteroatoms. The second-order valence-electron chi connectivity index (χ2n) is 6.77. The molecule has 19 heavy (non-hydrogen) atoms. The summed E-state index contributed by atoms with van der Waals surface area (Å²) in [6.07, 6.45) is 8.69. The van der Waals surface area contributed by atoms with Crippen molar-refractivity contribution in [2.24, 2.45) is 17.1 Å². The maximum Gasteiger partial charge on any atom is 0.220 e. The lowest BCUT2D eigenvalue weighted by Crippen LogP contribution is -2.41. The van der Waals surface area contributed by atoms with Crippen LogP contribution in [0.25, 0.3) is 0 Å². The van der Waals surface area contributed by atoms with Gasteiger partial charge in [0.25, 0.3) is 0 Å². The number of hydrogen-bond donors (Lipinski definition) is 2. The number of amides is 1. The minimum Gasteiger partial charge on any atom is -0.353 e. The van der Waals surface area contributed by atoms with Gasteiger partial charge in [0.1, 0.15) is 0 Å². The molecule has 3 nitrogen and oxygen atoms in total. The van der Waals surface area contributed by atoms with E-state index in [0.717, 1.165) is 25.8 Å². The van der Waals surface area contributed by atoms with Gasteiger partial charge in [-0.05, 0) is 43.6 Å². The number of hydrogen-bond acceptors (Lipinski definition) is 2. The first-order valence-corrected chi connectivity index (χ1v) is 7.99. The van der Waals surface area contributed by atoms with Crippen molar-refractivity contribution < 1.29 is 4.79 Å². The molecule has 1 rings (SSSR count). The summed E-state index contributed by atoms with van der Waals surface area (Å²) in [5, 5.41) is 3.24. The molecule has 2 atom stereocenters. The van der Waals surface area contributed by atoms with E-state index in [9.17, 15) is 4.79 Å². The van der Waals surface area contributed by atoms with Gasteiger partial charge < -0.3 is 11.1 Å². The summed E-state index contributed by atoms with van der Waals surface area (Å²) in [4.78, 5) is 12.1. The lowest BCUT2D eigenvalue weighted by atomic mass is 9.87. The highest BCUT2D eigenvalue weighted by Gasteiger charge is 2.35. The van der Waals surface area contributed by atoms with Crippen LogP contribution >= 0.6 is 0 Å². The molecule has 0 saturated heterocycles. The summed E-state index contributed by atoms with van der Waals surface area (Å²) in [5.74, 6) is 0.857. The molecule has 0 bridgehead atoms. The number of carbonyl (C=O) groups is 1. The Morgan fingerprint density at radius 3 is 2.63 bits per heavy atom. The SMILES string of the molecule is CCCC(CCN)CCC(=O)NC1CCCC1(C)C. The predicted octanol–water partition coefficient (Wildman–Crippen LogP) is 3.23. The Morgan fingerprint density at radius 1 is 1.37 bits per heavy atom. The Balaban J connectivity index is 2.30. The van der Waals surface area contributed by atoms with Gasteiger partial charge in [0, 0.05) is 12.5 Å². The maximum atomic E-state index is 12.1. The Labute approximate surface area is 118 Å². The summed E-state index contributed by atoms with van der Waals surface area (Å²) < 4.78 is 0. The van der Waals surface area contributed by atoms with Crippen LogP contribution in [-0.2, 0) is 4.79 Å². The molecule has 0 heterocycles. The normalized spacial score (nSPS) is 23.3. The van der Waals surface area contributed by atoms with Gasteiger partial charge in [0.15, 0.2) is 0 Å². The standard InChI is InChI=1S/C16H32N2O/c1-4-6-13(10-12-17)8-9-15(19)18-14-7-5-11-16(14,2)3/h13-14H,4-12,17H2,1-3H3,(H,18,19). The van der Waals surface area contributed by atoms with Gasteiger partial charge in [0.2, 0.25) is 5.91 Å². The molecule has 1 amide bonds. The van der Waals surface area contributed by atoms with E-state index in [1.54, 1.807) is 0 Å². The number of nitrogens with one attached hydrogen (secondary N) is 1. The van der Waals surface area contributed by atoms with Crippen LogP contribution in [0.5, 0.6) is 0 Å². The molecular formula is C16H32N2O. The molecule has 2 unspecified atom stereocenters. The third kappa shape index (κ3) is 5.52. The molecule has 112 valence electrons. The Kier molecular flexibility index (Phi) is 6.84. The van der Waals surface area contributed by atoms with Gasteiger partial charge in [-0.3, -0.25) is 4.79 Å². The highest BCUT2D eigenvalue weighted by Crippen LogP contribution is 2.37. The van der Waals surface area contributed by atoms with E-state index in [-0.39, 0.29) is 11.3 Å². The smallest absolute Gasteiger partial charge is 0.220 e. The first-order valence-electron chi connectivity index (χ1n) is 7.99. The second kappa shape index (κ2) is 7.88. The number of rotatable bonds is 8. The third-order valence-corrected chi connectivity index (χ3v) is 4.64. The highest BCUT2D eigenvalue weighted by molar-refractivity contribution is 5.76. The molecule has 0 aliphatic heterocycles. The van der Waals surface area contributed by atoms with Crippen molar-refractivity contribution in [3.8, 4) is 0 Å². The summed E-state index contributed by atoms with van der Waals surface area (Å²) in [6.45, 7) is 7.46. The minimum atomic E-state index is 0.234. The van der Waals surface area contributed by atoms with E-state index in [2.05, 4.69) is 26.1 Å². The van der Waals surface area contributed by atoms with Gasteiger partial charge >= 0.3 is 0 Å². The average molecular weight is 268 g/mol. The fourth-order valence-electron chi connectivity index (χ4n) is 3.27. The molecule has 0 aromatic heterocycles. The molecule has 1 aliphatic rings. The van der Waals surface area contributed by atoms with Crippen molar-refractivity contribution in [2.75, 3.05) is 6.54 Å². The molecule has 1 fully saturated rings. The van der Waals surface area contributed by atoms with Crippen LogP contribution in [0.2, 0.25) is 0 Å². The van der Waals surface area contributed by atoms with E-state index >= 15 is 0 Å². The van der Waals surface area contributed by atoms with E-state index in [4.69, 9.17) is 5.73 Å². The summed E-state index contributed by atoms with van der Waals surface area (Å²) in [7, 11) is 0. The van der Waals surface area contributed by atoms with Crippen molar-refractivity contribution >= 4 is 5.91 Å². The Hall–Kier alpha value is -0.570. The van der Waals surface area contributed by atoms with Crippen LogP contribution in [0.3, 0.4) is 0 Å². The summed E-state index contributed by atoms with van der Waals surface area (Å²) >= 11 is 0. The number of carbonyl (C=O) groups excluding carboxylic acids is 1. The van der Waals surface area contributed by atoms with Crippen LogP contribution < -0.4 is 11.1 Å². The van der Waals surface area contributed by atoms with Crippen molar-refractivity contribution in [1.29, 1.82) is 0 Å². The lowest BCUT2D eigenvalue weighted by molar-refractivity contribution is -0.122. The van der Waals surface area contributed by atoms with E-state index < -0.39 is 0 Å². The zero-order valence-corrected chi connectivity index (χ0v) is 13.0. The fourth-order valence-corrected chi connectivity index (χ4v) is 3.27. The predicted molar refractivity (Wildman–Crippen MR) is 80.9 cm³/mol. The van der Waals surface area contributed by atoms with Crippen molar-refractivity contribution in [1.82, 2.24) is 5.32 Å². The zero-order valence-electron chi connectivity index (χ0n) is 13.0. The number of nitrogens with two attached hydrogens (primary N) is 1. The molecule has 0 aromatic rings. The van der Waals surface area contributed by atoms with Crippen molar-refractivity contribution in [3.05, 3.63) is 0 Å². The maximum absolute atomic E-state index is 12.1. The monoisotopic (exact) mass is 268 g/mol. The summed E-state index contributed by atoms with van der Waals surface area (Å²) in [5.41, 5.74) is 5.91. The van der Waals surface area contributed by atoms with Crippen LogP contribution in [0, 0.1) is 11.3 Å². The molecular weight excluding hydrogens is 236 g/mol. The quantitative estimate of drug-likeness (QED) is 0.710. The Bertz CT molecular complexity index is 270. The van der Waals surface area contributed by atoms with Gasteiger partial charge in [0.05, 0.1) is 0 Å². The largest absolute Gasteiger partial charge is 0.353 e. The van der Waals surface area contributed by atoms with Gasteiger partial charge in [-0.1, -0.05) is 40.0 Å². The average Bonchev–Trinajstić information content (AvgIpc) is 2.66. The minimum absolute atomic E-state index is 0.234. The molecule has 1 saturated carbocycles. The first kappa shape index (κ1) is 16.5. The second-order valence-corrected chi connectivity index (χ2v) is 6.77. The highest BCUT2D eigenvalue weighted by atomic mass is 16.1. The van der Waals surface area contributed by atoms with Crippen LogP contribution in [-0.4, -0.2) is 18.5 Å². The Morgan fingerprint density at radius 2 is 2.11 bits per heavy atom. The first-order chi connectivity index (χ1) is 8.99. The molecule has 0 radical (unpaired) electrons. The molecule has 0 aromatic carbocycles. The van der Waals surface area contributed by atoms with Crippen molar-refractivity contribution in [3.63, 3.8) is 0 Å². The van der Waals surface area contributed by atoms with Crippen molar-refractivity contribution in [2.45, 2.75) is 78.2 Å². The lowest BCUT2D eigenvalue weighted by Gasteiger charge is -2.28. The molecule has 1 aliphatic carbocycles. The molecule has 0 spiro atoms.